The van der Waals surface area contributed by atoms with E-state index in [1.54, 1.807) is 12.5 Å². The van der Waals surface area contributed by atoms with E-state index in [9.17, 15) is 5.11 Å². The zero-order chi connectivity index (χ0) is 18.7. The Morgan fingerprint density at radius 2 is 2.26 bits per heavy atom. The van der Waals surface area contributed by atoms with Gasteiger partial charge in [0.15, 0.2) is 11.5 Å². The molecule has 0 radical (unpaired) electrons. The summed E-state index contributed by atoms with van der Waals surface area (Å²) in [5.74, 6) is 7.42. The van der Waals surface area contributed by atoms with Crippen LogP contribution in [0.5, 0.6) is 0 Å². The van der Waals surface area contributed by atoms with Crippen molar-refractivity contribution in [3.05, 3.63) is 42.2 Å². The van der Waals surface area contributed by atoms with Gasteiger partial charge in [-0.3, -0.25) is 4.98 Å². The number of hydrogen-bond acceptors (Lipinski definition) is 6. The van der Waals surface area contributed by atoms with Crippen LogP contribution >= 0.6 is 0 Å². The minimum atomic E-state index is -0.955. The van der Waals surface area contributed by atoms with Gasteiger partial charge >= 0.3 is 0 Å². The number of fused-ring (bicyclic) bond motifs is 1. The molecule has 1 aliphatic carbocycles. The molecule has 0 spiro atoms. The molecule has 0 bridgehead atoms. The fraction of sp³-hybridized carbons (Fsp3) is 0.400. The molecule has 7 nitrogen and oxygen atoms in total. The van der Waals surface area contributed by atoms with Gasteiger partial charge in [0.25, 0.3) is 0 Å². The first-order chi connectivity index (χ1) is 13.1. The molecule has 7 heteroatoms. The van der Waals surface area contributed by atoms with Crippen LogP contribution in [0.3, 0.4) is 0 Å². The Morgan fingerprint density at radius 1 is 1.33 bits per heavy atom. The first-order valence-electron chi connectivity index (χ1n) is 9.22. The van der Waals surface area contributed by atoms with E-state index >= 15 is 0 Å². The van der Waals surface area contributed by atoms with Crippen LogP contribution in [0.1, 0.15) is 44.1 Å². The van der Waals surface area contributed by atoms with Crippen molar-refractivity contribution in [1.82, 2.24) is 24.9 Å². The number of rotatable bonds is 3. The zero-order valence-corrected chi connectivity index (χ0v) is 15.2. The highest BCUT2D eigenvalue weighted by Gasteiger charge is 2.30. The smallest absolute Gasteiger partial charge is 0.209 e. The molecule has 3 aromatic rings. The van der Waals surface area contributed by atoms with Gasteiger partial charge in [0, 0.05) is 6.20 Å². The van der Waals surface area contributed by atoms with E-state index < -0.39 is 5.60 Å². The second-order valence-electron chi connectivity index (χ2n) is 7.15. The number of nitrogens with zero attached hydrogens (tertiary/aromatic N) is 4. The third kappa shape index (κ3) is 4.07. The number of H-pyrrole nitrogens is 1. The molecule has 0 aliphatic heterocycles. The van der Waals surface area contributed by atoms with Crippen molar-refractivity contribution in [2.45, 2.75) is 44.8 Å². The molecule has 138 valence electrons. The molecule has 0 saturated heterocycles. The highest BCUT2D eigenvalue weighted by atomic mass is 16.3. The maximum atomic E-state index is 10.7. The van der Waals surface area contributed by atoms with Crippen LogP contribution < -0.4 is 5.32 Å². The summed E-state index contributed by atoms with van der Waals surface area (Å²) in [4.78, 5) is 20.5. The summed E-state index contributed by atoms with van der Waals surface area (Å²) < 4.78 is 0. The van der Waals surface area contributed by atoms with E-state index in [0.29, 0.717) is 42.6 Å². The number of imidazole rings is 1. The molecule has 4 rings (SSSR count). The molecular formula is C20H22N6O. The number of hydrogen-bond donors (Lipinski definition) is 3. The second-order valence-corrected chi connectivity index (χ2v) is 7.15. The zero-order valence-electron chi connectivity index (χ0n) is 15.2. The largest absolute Gasteiger partial charge is 0.378 e. The molecule has 0 amide bonds. The average molecular weight is 362 g/mol. The van der Waals surface area contributed by atoms with E-state index in [-0.39, 0.29) is 0 Å². The quantitative estimate of drug-likeness (QED) is 0.620. The van der Waals surface area contributed by atoms with Crippen LogP contribution in [-0.2, 0) is 6.54 Å². The lowest BCUT2D eigenvalue weighted by Gasteiger charge is -2.30. The van der Waals surface area contributed by atoms with Crippen LogP contribution in [0, 0.1) is 17.8 Å². The van der Waals surface area contributed by atoms with Gasteiger partial charge in [-0.05, 0) is 43.2 Å². The van der Waals surface area contributed by atoms with Gasteiger partial charge in [-0.15, -0.1) is 0 Å². The van der Waals surface area contributed by atoms with E-state index in [1.165, 1.54) is 0 Å². The second kappa shape index (κ2) is 7.33. The predicted octanol–water partition coefficient (Wildman–Crippen LogP) is 2.65. The van der Waals surface area contributed by atoms with E-state index in [0.717, 1.165) is 24.1 Å². The van der Waals surface area contributed by atoms with Crippen molar-refractivity contribution < 1.29 is 5.11 Å². The average Bonchev–Trinajstić information content (AvgIpc) is 3.14. The molecule has 1 saturated carbocycles. The standard InChI is InChI=1S/C20H22N6O/c1-14-5-4-8-20(27,11-14)9-7-16-25-18(17-19(26-16)24-13-23-17)22-12-15-6-2-3-10-21-15/h2-3,6,10,13-14,27H,4-5,8,11-12H2,1H3,(H2,22,23,24,25,26)/t14-,20-/m1/s1. The highest BCUT2D eigenvalue weighted by Crippen LogP contribution is 2.31. The first kappa shape index (κ1) is 17.4. The molecule has 2 atom stereocenters. The van der Waals surface area contributed by atoms with Gasteiger partial charge in [0.1, 0.15) is 11.1 Å². The maximum Gasteiger partial charge on any atom is 0.209 e. The number of pyridine rings is 1. The highest BCUT2D eigenvalue weighted by molar-refractivity contribution is 5.82. The number of nitrogens with one attached hydrogen (secondary N) is 2. The van der Waals surface area contributed by atoms with Crippen LogP contribution in [0.2, 0.25) is 0 Å². The van der Waals surface area contributed by atoms with Crippen LogP contribution in [0.15, 0.2) is 30.7 Å². The molecule has 3 aromatic heterocycles. The molecule has 1 fully saturated rings. The number of aromatic amines is 1. The van der Waals surface area contributed by atoms with Crippen molar-refractivity contribution in [2.75, 3.05) is 5.32 Å². The van der Waals surface area contributed by atoms with Crippen molar-refractivity contribution >= 4 is 17.0 Å². The Bertz CT molecular complexity index is 990. The van der Waals surface area contributed by atoms with Crippen molar-refractivity contribution in [3.63, 3.8) is 0 Å². The van der Waals surface area contributed by atoms with Crippen LogP contribution in [0.4, 0.5) is 5.82 Å². The third-order valence-electron chi connectivity index (χ3n) is 4.83. The predicted molar refractivity (Wildman–Crippen MR) is 103 cm³/mol. The maximum absolute atomic E-state index is 10.7. The fourth-order valence-corrected chi connectivity index (χ4v) is 3.50. The number of aromatic nitrogens is 5. The van der Waals surface area contributed by atoms with Crippen LogP contribution in [0.25, 0.3) is 11.2 Å². The minimum Gasteiger partial charge on any atom is -0.378 e. The Balaban J connectivity index is 1.60. The molecule has 3 N–H and O–H groups in total. The Hall–Kier alpha value is -2.98. The summed E-state index contributed by atoms with van der Waals surface area (Å²) in [5.41, 5.74) is 1.22. The van der Waals surface area contributed by atoms with E-state index in [1.807, 2.05) is 18.2 Å². The molecule has 0 aromatic carbocycles. The lowest BCUT2D eigenvalue weighted by Crippen LogP contribution is -2.32. The Morgan fingerprint density at radius 3 is 3.07 bits per heavy atom. The van der Waals surface area contributed by atoms with Gasteiger partial charge in [0.2, 0.25) is 5.82 Å². The molecule has 1 aliphatic rings. The Labute approximate surface area is 157 Å². The van der Waals surface area contributed by atoms with Crippen molar-refractivity contribution in [1.29, 1.82) is 0 Å². The van der Waals surface area contributed by atoms with E-state index in [4.69, 9.17) is 0 Å². The third-order valence-corrected chi connectivity index (χ3v) is 4.83. The Kier molecular flexibility index (Phi) is 4.73. The number of anilines is 1. The lowest BCUT2D eigenvalue weighted by atomic mass is 9.79. The lowest BCUT2D eigenvalue weighted by molar-refractivity contribution is 0.0410. The summed E-state index contributed by atoms with van der Waals surface area (Å²) in [7, 11) is 0. The van der Waals surface area contributed by atoms with Gasteiger partial charge < -0.3 is 15.4 Å². The summed E-state index contributed by atoms with van der Waals surface area (Å²) in [6.07, 6.45) is 6.85. The first-order valence-corrected chi connectivity index (χ1v) is 9.22. The normalized spacial score (nSPS) is 22.2. The SMILES string of the molecule is C[C@@H]1CCC[C@@](O)(C#Cc2nc(NCc3ccccn3)c3[nH]cnc3n2)C1. The molecule has 3 heterocycles. The fourth-order valence-electron chi connectivity index (χ4n) is 3.50. The molecule has 27 heavy (non-hydrogen) atoms. The van der Waals surface area contributed by atoms with Crippen LogP contribution in [-0.4, -0.2) is 35.6 Å². The monoisotopic (exact) mass is 362 g/mol. The summed E-state index contributed by atoms with van der Waals surface area (Å²) >= 11 is 0. The topological polar surface area (TPSA) is 99.6 Å². The van der Waals surface area contributed by atoms with Gasteiger partial charge in [-0.25, -0.2) is 9.97 Å². The van der Waals surface area contributed by atoms with Crippen molar-refractivity contribution in [2.24, 2.45) is 5.92 Å². The van der Waals surface area contributed by atoms with Gasteiger partial charge in [-0.2, -0.15) is 4.98 Å². The van der Waals surface area contributed by atoms with Gasteiger partial charge in [-0.1, -0.05) is 25.3 Å². The molecular weight excluding hydrogens is 340 g/mol. The summed E-state index contributed by atoms with van der Waals surface area (Å²) in [6, 6.07) is 5.77. The van der Waals surface area contributed by atoms with Gasteiger partial charge in [0.05, 0.1) is 18.6 Å². The summed E-state index contributed by atoms with van der Waals surface area (Å²) in [6.45, 7) is 2.68. The summed E-state index contributed by atoms with van der Waals surface area (Å²) in [5, 5.41) is 14.0. The molecule has 0 unspecified atom stereocenters. The van der Waals surface area contributed by atoms with Crippen molar-refractivity contribution in [3.8, 4) is 11.8 Å². The van der Waals surface area contributed by atoms with E-state index in [2.05, 4.69) is 49.0 Å². The number of aliphatic hydroxyl groups is 1. The minimum absolute atomic E-state index is 0.352.